The van der Waals surface area contributed by atoms with Gasteiger partial charge in [0, 0.05) is 5.88 Å². The van der Waals surface area contributed by atoms with E-state index in [0.717, 1.165) is 0 Å². The first-order chi connectivity index (χ1) is 7.04. The van der Waals surface area contributed by atoms with Crippen LogP contribution in [0.4, 0.5) is 0 Å². The molecule has 0 saturated heterocycles. The number of rotatable bonds is 3. The molecule has 0 nitrogen and oxygen atoms in total. The van der Waals surface area contributed by atoms with Gasteiger partial charge in [-0.2, -0.15) is 0 Å². The molecule has 0 spiro atoms. The van der Waals surface area contributed by atoms with Crippen LogP contribution in [0.15, 0.2) is 23.8 Å². The molecule has 0 bridgehead atoms. The molecule has 82 valence electrons. The highest BCUT2D eigenvalue weighted by Crippen LogP contribution is 2.19. The predicted molar refractivity (Wildman–Crippen MR) is 69.5 cm³/mol. The normalized spacial score (nSPS) is 12.3. The number of halogens is 1. The molecule has 0 heterocycles. The summed E-state index contributed by atoms with van der Waals surface area (Å²) in [5.41, 5.74) is 5.20. The van der Waals surface area contributed by atoms with Gasteiger partial charge in [-0.3, -0.25) is 0 Å². The van der Waals surface area contributed by atoms with E-state index in [0.29, 0.717) is 11.8 Å². The second kappa shape index (κ2) is 5.37. The van der Waals surface area contributed by atoms with Crippen molar-refractivity contribution in [2.24, 2.45) is 5.92 Å². The molecule has 1 heteroatoms. The van der Waals surface area contributed by atoms with Gasteiger partial charge in [-0.05, 0) is 30.9 Å². The smallest absolute Gasteiger partial charge is 0.0439 e. The second-order valence-corrected chi connectivity index (χ2v) is 4.63. The molecule has 0 aromatic heterocycles. The maximum atomic E-state index is 5.93. The summed E-state index contributed by atoms with van der Waals surface area (Å²) in [5.74, 6) is 1.13. The fourth-order valence-corrected chi connectivity index (χ4v) is 1.93. The van der Waals surface area contributed by atoms with Crippen molar-refractivity contribution in [2.75, 3.05) is 5.88 Å². The molecule has 0 atom stereocenters. The van der Waals surface area contributed by atoms with E-state index in [2.05, 4.69) is 52.0 Å². The van der Waals surface area contributed by atoms with E-state index < -0.39 is 0 Å². The van der Waals surface area contributed by atoms with Gasteiger partial charge in [0.25, 0.3) is 0 Å². The maximum absolute atomic E-state index is 5.93. The molecule has 0 fully saturated rings. The highest BCUT2D eigenvalue weighted by Gasteiger charge is 2.03. The number of benzene rings is 1. The van der Waals surface area contributed by atoms with Crippen molar-refractivity contribution in [3.05, 3.63) is 40.5 Å². The summed E-state index contributed by atoms with van der Waals surface area (Å²) in [7, 11) is 0. The van der Waals surface area contributed by atoms with Crippen LogP contribution >= 0.6 is 11.6 Å². The summed E-state index contributed by atoms with van der Waals surface area (Å²) >= 11 is 5.93. The van der Waals surface area contributed by atoms with Gasteiger partial charge in [0.15, 0.2) is 0 Å². The van der Waals surface area contributed by atoms with Crippen molar-refractivity contribution in [3.8, 4) is 0 Å². The van der Waals surface area contributed by atoms with Gasteiger partial charge >= 0.3 is 0 Å². The van der Waals surface area contributed by atoms with Crippen LogP contribution in [0.25, 0.3) is 6.08 Å². The van der Waals surface area contributed by atoms with Gasteiger partial charge in [-0.15, -0.1) is 11.6 Å². The average molecular weight is 223 g/mol. The SMILES string of the molecule is Cc1ccc(C=C(CCl)C(C)C)c(C)c1. The molecule has 1 rings (SSSR count). The third-order valence-corrected chi connectivity index (χ3v) is 2.97. The van der Waals surface area contributed by atoms with E-state index in [1.807, 2.05) is 0 Å². The lowest BCUT2D eigenvalue weighted by atomic mass is 9.99. The van der Waals surface area contributed by atoms with Crippen molar-refractivity contribution in [3.63, 3.8) is 0 Å². The highest BCUT2D eigenvalue weighted by molar-refractivity contribution is 6.19. The van der Waals surface area contributed by atoms with Gasteiger partial charge in [0.05, 0.1) is 0 Å². The van der Waals surface area contributed by atoms with Crippen molar-refractivity contribution >= 4 is 17.7 Å². The fraction of sp³-hybridized carbons (Fsp3) is 0.429. The molecule has 0 aliphatic carbocycles. The van der Waals surface area contributed by atoms with Gasteiger partial charge in [-0.25, -0.2) is 0 Å². The topological polar surface area (TPSA) is 0 Å². The Balaban J connectivity index is 3.06. The van der Waals surface area contributed by atoms with E-state index in [-0.39, 0.29) is 0 Å². The van der Waals surface area contributed by atoms with Gasteiger partial charge in [-0.1, -0.05) is 49.3 Å². The van der Waals surface area contributed by atoms with Crippen molar-refractivity contribution in [2.45, 2.75) is 27.7 Å². The molecule has 0 unspecified atom stereocenters. The Hall–Kier alpha value is -0.750. The third kappa shape index (κ3) is 3.39. The largest absolute Gasteiger partial charge is 0.122 e. The first-order valence-corrected chi connectivity index (χ1v) is 5.91. The minimum Gasteiger partial charge on any atom is -0.122 e. The first kappa shape index (κ1) is 12.3. The zero-order chi connectivity index (χ0) is 11.4. The highest BCUT2D eigenvalue weighted by atomic mass is 35.5. The van der Waals surface area contributed by atoms with Crippen LogP contribution in [-0.4, -0.2) is 5.88 Å². The molecule has 0 saturated carbocycles. The third-order valence-electron chi connectivity index (χ3n) is 2.66. The van der Waals surface area contributed by atoms with E-state index in [1.165, 1.54) is 22.3 Å². The molecule has 0 aliphatic heterocycles. The summed E-state index contributed by atoms with van der Waals surface area (Å²) in [6.07, 6.45) is 2.21. The summed E-state index contributed by atoms with van der Waals surface area (Å²) in [6, 6.07) is 6.52. The van der Waals surface area contributed by atoms with Crippen LogP contribution in [0.1, 0.15) is 30.5 Å². The van der Waals surface area contributed by atoms with Crippen molar-refractivity contribution < 1.29 is 0 Å². The number of allylic oxidation sites excluding steroid dienone is 1. The minimum atomic E-state index is 0.517. The van der Waals surface area contributed by atoms with Crippen LogP contribution in [0.2, 0.25) is 0 Å². The van der Waals surface area contributed by atoms with Crippen LogP contribution in [0.5, 0.6) is 0 Å². The number of hydrogen-bond acceptors (Lipinski definition) is 0. The molecular formula is C14H19Cl. The fourth-order valence-electron chi connectivity index (χ4n) is 1.55. The molecule has 0 N–H and O–H groups in total. The number of hydrogen-bond donors (Lipinski definition) is 0. The summed E-state index contributed by atoms with van der Waals surface area (Å²) in [6.45, 7) is 8.62. The number of aryl methyl sites for hydroxylation is 2. The van der Waals surface area contributed by atoms with Gasteiger partial charge in [0.1, 0.15) is 0 Å². The van der Waals surface area contributed by atoms with Crippen LogP contribution < -0.4 is 0 Å². The molecule has 15 heavy (non-hydrogen) atoms. The number of alkyl halides is 1. The molecule has 1 aromatic rings. The van der Waals surface area contributed by atoms with Crippen molar-refractivity contribution in [1.29, 1.82) is 0 Å². The lowest BCUT2D eigenvalue weighted by molar-refractivity contribution is 0.778. The Kier molecular flexibility index (Phi) is 4.41. The maximum Gasteiger partial charge on any atom is 0.0439 e. The Labute approximate surface area is 98.0 Å². The Morgan fingerprint density at radius 2 is 2.00 bits per heavy atom. The second-order valence-electron chi connectivity index (χ2n) is 4.37. The first-order valence-electron chi connectivity index (χ1n) is 5.38. The molecular weight excluding hydrogens is 204 g/mol. The molecule has 0 radical (unpaired) electrons. The van der Waals surface area contributed by atoms with Crippen LogP contribution in [0.3, 0.4) is 0 Å². The van der Waals surface area contributed by atoms with Gasteiger partial charge in [0.2, 0.25) is 0 Å². The molecule has 0 amide bonds. The van der Waals surface area contributed by atoms with E-state index >= 15 is 0 Å². The minimum absolute atomic E-state index is 0.517. The quantitative estimate of drug-likeness (QED) is 0.657. The molecule has 1 aromatic carbocycles. The van der Waals surface area contributed by atoms with Crippen LogP contribution in [-0.2, 0) is 0 Å². The Morgan fingerprint density at radius 3 is 2.47 bits per heavy atom. The van der Waals surface area contributed by atoms with Crippen LogP contribution in [0, 0.1) is 19.8 Å². The molecule has 0 aliphatic rings. The van der Waals surface area contributed by atoms with E-state index in [1.54, 1.807) is 0 Å². The van der Waals surface area contributed by atoms with Gasteiger partial charge < -0.3 is 0 Å². The van der Waals surface area contributed by atoms with E-state index in [4.69, 9.17) is 11.6 Å². The zero-order valence-corrected chi connectivity index (χ0v) is 10.7. The summed E-state index contributed by atoms with van der Waals surface area (Å²) < 4.78 is 0. The lowest BCUT2D eigenvalue weighted by Gasteiger charge is -2.09. The summed E-state index contributed by atoms with van der Waals surface area (Å²) in [5, 5.41) is 0. The predicted octanol–water partition coefficient (Wildman–Crippen LogP) is 4.58. The zero-order valence-electron chi connectivity index (χ0n) is 9.97. The Bertz CT molecular complexity index is 362. The summed E-state index contributed by atoms with van der Waals surface area (Å²) in [4.78, 5) is 0. The van der Waals surface area contributed by atoms with Crippen molar-refractivity contribution in [1.82, 2.24) is 0 Å². The standard InChI is InChI=1S/C14H19Cl/c1-10(2)14(9-15)8-13-6-5-11(3)7-12(13)4/h5-8,10H,9H2,1-4H3. The average Bonchev–Trinajstić information content (AvgIpc) is 2.16. The monoisotopic (exact) mass is 222 g/mol. The van der Waals surface area contributed by atoms with E-state index in [9.17, 15) is 0 Å². The lowest BCUT2D eigenvalue weighted by Crippen LogP contribution is -1.96. The Morgan fingerprint density at radius 1 is 1.33 bits per heavy atom.